The number of nitrogens with one attached hydrogen (secondary N) is 2. The Labute approximate surface area is 110 Å². The zero-order chi connectivity index (χ0) is 12.1. The molecule has 3 nitrogen and oxygen atoms in total. The number of hydrogen-bond donors (Lipinski definition) is 2. The van der Waals surface area contributed by atoms with Crippen LogP contribution < -0.4 is 10.7 Å². The molecule has 0 atom stereocenters. The van der Waals surface area contributed by atoms with Crippen molar-refractivity contribution in [2.75, 3.05) is 7.05 Å². The predicted octanol–water partition coefficient (Wildman–Crippen LogP) is 2.81. The smallest absolute Gasteiger partial charge is 0.186 e. The molecule has 0 saturated carbocycles. The maximum atomic E-state index is 6.03. The Morgan fingerprint density at radius 2 is 2.06 bits per heavy atom. The molecule has 0 aliphatic rings. The van der Waals surface area contributed by atoms with Crippen LogP contribution in [-0.2, 0) is 0 Å². The third kappa shape index (κ3) is 3.63. The van der Waals surface area contributed by atoms with Crippen molar-refractivity contribution in [3.05, 3.63) is 33.8 Å². The molecule has 0 radical (unpaired) electrons. The summed E-state index contributed by atoms with van der Waals surface area (Å²) in [7, 11) is 1.72. The first-order valence-corrected chi connectivity index (χ1v) is 5.68. The van der Waals surface area contributed by atoms with Gasteiger partial charge in [-0.15, -0.1) is 0 Å². The van der Waals surface area contributed by atoms with E-state index in [-0.39, 0.29) is 0 Å². The van der Waals surface area contributed by atoms with Crippen LogP contribution >= 0.6 is 35.4 Å². The van der Waals surface area contributed by atoms with E-state index in [0.717, 1.165) is 11.3 Å². The van der Waals surface area contributed by atoms with Gasteiger partial charge in [-0.25, -0.2) is 0 Å². The normalized spacial score (nSPS) is 11.1. The van der Waals surface area contributed by atoms with Gasteiger partial charge in [0, 0.05) is 17.6 Å². The summed E-state index contributed by atoms with van der Waals surface area (Å²) in [4.78, 5) is 0. The van der Waals surface area contributed by atoms with Crippen molar-refractivity contribution in [2.45, 2.75) is 6.92 Å². The van der Waals surface area contributed by atoms with Gasteiger partial charge in [0.25, 0.3) is 0 Å². The van der Waals surface area contributed by atoms with E-state index in [2.05, 4.69) is 15.8 Å². The summed E-state index contributed by atoms with van der Waals surface area (Å²) >= 11 is 16.7. The van der Waals surface area contributed by atoms with E-state index in [1.807, 2.05) is 13.0 Å². The van der Waals surface area contributed by atoms with Crippen LogP contribution in [0.25, 0.3) is 0 Å². The van der Waals surface area contributed by atoms with Crippen LogP contribution in [0, 0.1) is 0 Å². The minimum Gasteiger partial charge on any atom is -0.364 e. The fraction of sp³-hybridized carbons (Fsp3) is 0.200. The van der Waals surface area contributed by atoms with E-state index in [1.165, 1.54) is 0 Å². The van der Waals surface area contributed by atoms with Crippen LogP contribution in [0.2, 0.25) is 10.0 Å². The van der Waals surface area contributed by atoms with Gasteiger partial charge in [0.2, 0.25) is 0 Å². The summed E-state index contributed by atoms with van der Waals surface area (Å²) in [5.41, 5.74) is 4.24. The summed E-state index contributed by atoms with van der Waals surface area (Å²) in [6, 6.07) is 5.25. The third-order valence-electron chi connectivity index (χ3n) is 1.87. The molecule has 1 rings (SSSR count). The van der Waals surface area contributed by atoms with Gasteiger partial charge in [0.15, 0.2) is 5.11 Å². The van der Waals surface area contributed by atoms with Gasteiger partial charge in [-0.3, -0.25) is 5.43 Å². The van der Waals surface area contributed by atoms with E-state index in [9.17, 15) is 0 Å². The quantitative estimate of drug-likeness (QED) is 0.495. The van der Waals surface area contributed by atoms with Gasteiger partial charge in [0.05, 0.1) is 10.7 Å². The summed E-state index contributed by atoms with van der Waals surface area (Å²) < 4.78 is 0. The Hall–Kier alpha value is -0.840. The highest BCUT2D eigenvalue weighted by atomic mass is 35.5. The van der Waals surface area contributed by atoms with Crippen molar-refractivity contribution in [3.63, 3.8) is 0 Å². The van der Waals surface area contributed by atoms with Crippen molar-refractivity contribution in [2.24, 2.45) is 5.10 Å². The topological polar surface area (TPSA) is 36.4 Å². The Morgan fingerprint density at radius 1 is 1.38 bits per heavy atom. The number of thiocarbonyl (C=S) groups is 1. The van der Waals surface area contributed by atoms with Crippen molar-refractivity contribution >= 4 is 46.2 Å². The number of halogens is 2. The van der Waals surface area contributed by atoms with Crippen molar-refractivity contribution < 1.29 is 0 Å². The highest BCUT2D eigenvalue weighted by Gasteiger charge is 2.04. The lowest BCUT2D eigenvalue weighted by molar-refractivity contribution is 0.974. The Morgan fingerprint density at radius 3 is 2.62 bits per heavy atom. The van der Waals surface area contributed by atoms with Gasteiger partial charge in [0.1, 0.15) is 0 Å². The van der Waals surface area contributed by atoms with Crippen molar-refractivity contribution in [3.8, 4) is 0 Å². The second-order valence-electron chi connectivity index (χ2n) is 3.01. The standard InChI is InChI=1S/C10H11Cl2N3S/c1-6(14-15-10(16)13-2)8-4-3-7(11)5-9(8)12/h3-5H,1-2H3,(H2,13,15,16)/b14-6+. The van der Waals surface area contributed by atoms with E-state index >= 15 is 0 Å². The van der Waals surface area contributed by atoms with Crippen LogP contribution in [-0.4, -0.2) is 17.9 Å². The molecule has 0 unspecified atom stereocenters. The zero-order valence-electron chi connectivity index (χ0n) is 8.84. The Bertz CT molecular complexity index is 432. The molecule has 0 heterocycles. The highest BCUT2D eigenvalue weighted by molar-refractivity contribution is 7.80. The average molecular weight is 276 g/mol. The summed E-state index contributed by atoms with van der Waals surface area (Å²) in [5.74, 6) is 0. The second-order valence-corrected chi connectivity index (χ2v) is 4.26. The maximum absolute atomic E-state index is 6.03. The SMILES string of the molecule is CNC(=S)N/N=C(\C)c1ccc(Cl)cc1Cl. The number of rotatable bonds is 2. The highest BCUT2D eigenvalue weighted by Crippen LogP contribution is 2.21. The van der Waals surface area contributed by atoms with Crippen LogP contribution in [0.1, 0.15) is 12.5 Å². The summed E-state index contributed by atoms with van der Waals surface area (Å²) in [6.07, 6.45) is 0. The first kappa shape index (κ1) is 13.2. The number of hydrogen-bond acceptors (Lipinski definition) is 2. The summed E-state index contributed by atoms with van der Waals surface area (Å²) in [6.45, 7) is 1.83. The van der Waals surface area contributed by atoms with Gasteiger partial charge in [-0.05, 0) is 31.3 Å². The molecular weight excluding hydrogens is 265 g/mol. The molecule has 86 valence electrons. The largest absolute Gasteiger partial charge is 0.364 e. The lowest BCUT2D eigenvalue weighted by atomic mass is 10.1. The van der Waals surface area contributed by atoms with Gasteiger partial charge < -0.3 is 5.32 Å². The molecule has 0 saturated heterocycles. The molecule has 0 aliphatic carbocycles. The van der Waals surface area contributed by atoms with Gasteiger partial charge in [-0.1, -0.05) is 29.3 Å². The zero-order valence-corrected chi connectivity index (χ0v) is 11.2. The van der Waals surface area contributed by atoms with Crippen LogP contribution in [0.3, 0.4) is 0 Å². The number of hydrazone groups is 1. The third-order valence-corrected chi connectivity index (χ3v) is 2.72. The molecule has 0 aliphatic heterocycles. The second kappa shape index (κ2) is 6.03. The first-order valence-electron chi connectivity index (χ1n) is 4.52. The molecule has 0 spiro atoms. The van der Waals surface area contributed by atoms with E-state index in [1.54, 1.807) is 19.2 Å². The van der Waals surface area contributed by atoms with E-state index < -0.39 is 0 Å². The van der Waals surface area contributed by atoms with Gasteiger partial charge in [-0.2, -0.15) is 5.10 Å². The molecule has 6 heteroatoms. The molecule has 16 heavy (non-hydrogen) atoms. The minimum atomic E-state index is 0.449. The Balaban J connectivity index is 2.87. The van der Waals surface area contributed by atoms with Crippen molar-refractivity contribution in [1.29, 1.82) is 0 Å². The fourth-order valence-corrected chi connectivity index (χ4v) is 1.62. The van der Waals surface area contributed by atoms with E-state index in [0.29, 0.717) is 15.2 Å². The predicted molar refractivity (Wildman–Crippen MR) is 73.5 cm³/mol. The van der Waals surface area contributed by atoms with Crippen LogP contribution in [0.4, 0.5) is 0 Å². The number of benzene rings is 1. The fourth-order valence-electron chi connectivity index (χ4n) is 1.03. The minimum absolute atomic E-state index is 0.449. The molecule has 0 bridgehead atoms. The molecule has 0 amide bonds. The lowest BCUT2D eigenvalue weighted by Gasteiger charge is -2.06. The molecule has 1 aromatic rings. The number of nitrogens with zero attached hydrogens (tertiary/aromatic N) is 1. The molecular formula is C10H11Cl2N3S. The first-order chi connectivity index (χ1) is 7.54. The average Bonchev–Trinajstić information content (AvgIpc) is 2.25. The molecule has 0 aromatic heterocycles. The molecule has 1 aromatic carbocycles. The van der Waals surface area contributed by atoms with E-state index in [4.69, 9.17) is 35.4 Å². The maximum Gasteiger partial charge on any atom is 0.186 e. The van der Waals surface area contributed by atoms with Crippen LogP contribution in [0.5, 0.6) is 0 Å². The summed E-state index contributed by atoms with van der Waals surface area (Å²) in [5, 5.41) is 8.45. The lowest BCUT2D eigenvalue weighted by Crippen LogP contribution is -2.29. The van der Waals surface area contributed by atoms with Crippen molar-refractivity contribution in [1.82, 2.24) is 10.7 Å². The Kier molecular flexibility index (Phi) is 4.99. The van der Waals surface area contributed by atoms with Gasteiger partial charge >= 0.3 is 0 Å². The molecule has 2 N–H and O–H groups in total. The monoisotopic (exact) mass is 275 g/mol. The molecule has 0 fully saturated rings. The van der Waals surface area contributed by atoms with Crippen LogP contribution in [0.15, 0.2) is 23.3 Å².